The monoisotopic (exact) mass is 549 g/mol. The van der Waals surface area contributed by atoms with Crippen LogP contribution in [0.4, 0.5) is 8.78 Å². The van der Waals surface area contributed by atoms with Gasteiger partial charge in [-0.25, -0.2) is 14.4 Å². The summed E-state index contributed by atoms with van der Waals surface area (Å²) in [5, 5.41) is 11.2. The summed E-state index contributed by atoms with van der Waals surface area (Å²) in [6, 6.07) is 20.3. The van der Waals surface area contributed by atoms with Gasteiger partial charge < -0.3 is 10.3 Å². The van der Waals surface area contributed by atoms with E-state index >= 15 is 4.39 Å². The van der Waals surface area contributed by atoms with E-state index in [0.717, 1.165) is 33.9 Å². The molecule has 5 aromatic heterocycles. The lowest BCUT2D eigenvalue weighted by Gasteiger charge is -2.08. The predicted molar refractivity (Wildman–Crippen MR) is 152 cm³/mol. The second-order valence-electron chi connectivity index (χ2n) is 9.37. The second-order valence-corrected chi connectivity index (χ2v) is 10.4. The minimum absolute atomic E-state index is 0.266. The molecule has 3 N–H and O–H groups in total. The van der Waals surface area contributed by atoms with Crippen molar-refractivity contribution in [1.82, 2.24) is 35.5 Å². The molecule has 0 radical (unpaired) electrons. The van der Waals surface area contributed by atoms with Crippen LogP contribution in [0.5, 0.6) is 0 Å². The van der Waals surface area contributed by atoms with Crippen LogP contribution in [-0.2, 0) is 13.1 Å². The molecule has 0 aliphatic rings. The molecule has 0 aliphatic carbocycles. The second kappa shape index (κ2) is 10.1. The van der Waals surface area contributed by atoms with E-state index in [2.05, 4.69) is 47.6 Å². The van der Waals surface area contributed by atoms with Gasteiger partial charge in [-0.2, -0.15) is 9.49 Å². The number of halogens is 2. The van der Waals surface area contributed by atoms with E-state index in [0.29, 0.717) is 51.3 Å². The Hall–Kier alpha value is -4.80. The molecule has 2 aromatic carbocycles. The normalized spacial score (nSPS) is 11.6. The van der Waals surface area contributed by atoms with Crippen LogP contribution in [0.25, 0.3) is 55.2 Å². The van der Waals surface area contributed by atoms with Gasteiger partial charge in [0.15, 0.2) is 16.6 Å². The molecule has 0 bridgehead atoms. The van der Waals surface area contributed by atoms with Crippen LogP contribution in [0.3, 0.4) is 0 Å². The molecule has 0 saturated carbocycles. The van der Waals surface area contributed by atoms with Crippen molar-refractivity contribution < 1.29 is 8.78 Å². The summed E-state index contributed by atoms with van der Waals surface area (Å²) < 4.78 is 29.0. The van der Waals surface area contributed by atoms with Gasteiger partial charge in [0.05, 0.1) is 11.0 Å². The molecule has 5 heterocycles. The van der Waals surface area contributed by atoms with Gasteiger partial charge in [0.1, 0.15) is 11.5 Å². The number of aromatic nitrogens is 6. The molecular weight excluding hydrogens is 528 g/mol. The highest BCUT2D eigenvalue weighted by atomic mass is 32.1. The van der Waals surface area contributed by atoms with Crippen molar-refractivity contribution in [2.24, 2.45) is 0 Å². The van der Waals surface area contributed by atoms with Crippen molar-refractivity contribution in [1.29, 1.82) is 0 Å². The van der Waals surface area contributed by atoms with Crippen LogP contribution in [-0.4, -0.2) is 30.1 Å². The Morgan fingerprint density at radius 2 is 1.75 bits per heavy atom. The molecule has 0 amide bonds. The molecule has 0 saturated heterocycles. The Morgan fingerprint density at radius 3 is 2.60 bits per heavy atom. The van der Waals surface area contributed by atoms with E-state index in [4.69, 9.17) is 0 Å². The number of imidazole rings is 1. The summed E-state index contributed by atoms with van der Waals surface area (Å²) in [5.41, 5.74) is 6.25. The van der Waals surface area contributed by atoms with Gasteiger partial charge in [-0.15, -0.1) is 11.3 Å². The largest absolute Gasteiger partial charge is 0.335 e. The standard InChI is InChI=1S/C30H21F2N7S/c31-23-12-24-22(11-21(23)19-10-18(15-34-16-19)14-33-13-17-4-2-1-3-5-17)28(39-38-24)30-36-27-20(8-9-35-29(27)37-30)25-6-7-26(32)40-25/h1-12,15-16,33H,13-14H2,(H,38,39)(H,35,36,37). The summed E-state index contributed by atoms with van der Waals surface area (Å²) in [6.45, 7) is 1.32. The Bertz CT molecular complexity index is 1980. The highest BCUT2D eigenvalue weighted by molar-refractivity contribution is 7.14. The number of nitrogens with one attached hydrogen (secondary N) is 3. The SMILES string of the molecule is Fc1ccc(-c2ccnc3nc(-c4n[nH]c5cc(F)c(-c6cncc(CNCc7ccccc7)c6)cc45)[nH]c23)s1. The van der Waals surface area contributed by atoms with Crippen molar-refractivity contribution in [2.75, 3.05) is 0 Å². The molecule has 7 rings (SSSR count). The lowest BCUT2D eigenvalue weighted by molar-refractivity contribution is 0.632. The van der Waals surface area contributed by atoms with Crippen LogP contribution in [0.15, 0.2) is 85.3 Å². The van der Waals surface area contributed by atoms with E-state index in [1.807, 2.05) is 30.3 Å². The summed E-state index contributed by atoms with van der Waals surface area (Å²) in [7, 11) is 0. The minimum Gasteiger partial charge on any atom is -0.335 e. The fourth-order valence-corrected chi connectivity index (χ4v) is 5.57. The van der Waals surface area contributed by atoms with Crippen LogP contribution in [0.2, 0.25) is 0 Å². The predicted octanol–water partition coefficient (Wildman–Crippen LogP) is 6.86. The number of aromatic amines is 2. The summed E-state index contributed by atoms with van der Waals surface area (Å²) >= 11 is 1.05. The van der Waals surface area contributed by atoms with Gasteiger partial charge in [-0.05, 0) is 41.5 Å². The molecule has 0 spiro atoms. The van der Waals surface area contributed by atoms with Gasteiger partial charge in [0.25, 0.3) is 0 Å². The highest BCUT2D eigenvalue weighted by Crippen LogP contribution is 2.35. The average molecular weight is 550 g/mol. The summed E-state index contributed by atoms with van der Waals surface area (Å²) in [6.07, 6.45) is 5.08. The quantitative estimate of drug-likeness (QED) is 0.202. The third-order valence-electron chi connectivity index (χ3n) is 6.71. The fourth-order valence-electron chi connectivity index (χ4n) is 4.81. The van der Waals surface area contributed by atoms with E-state index in [1.165, 1.54) is 17.7 Å². The summed E-state index contributed by atoms with van der Waals surface area (Å²) in [4.78, 5) is 17.4. The molecule has 0 atom stereocenters. The first-order valence-corrected chi connectivity index (χ1v) is 13.4. The number of fused-ring (bicyclic) bond motifs is 2. The first kappa shape index (κ1) is 24.3. The molecular formula is C30H21F2N7S. The van der Waals surface area contributed by atoms with Crippen molar-refractivity contribution in [2.45, 2.75) is 13.1 Å². The van der Waals surface area contributed by atoms with Crippen molar-refractivity contribution in [3.8, 4) is 33.1 Å². The number of hydrogen-bond donors (Lipinski definition) is 3. The Morgan fingerprint density at radius 1 is 0.875 bits per heavy atom. The van der Waals surface area contributed by atoms with E-state index in [9.17, 15) is 4.39 Å². The van der Waals surface area contributed by atoms with Gasteiger partial charge in [0.2, 0.25) is 0 Å². The number of thiophene rings is 1. The number of rotatable bonds is 7. The van der Waals surface area contributed by atoms with E-state index in [1.54, 1.807) is 30.7 Å². The maximum Gasteiger partial charge on any atom is 0.178 e. The number of hydrogen-bond acceptors (Lipinski definition) is 6. The van der Waals surface area contributed by atoms with E-state index < -0.39 is 0 Å². The van der Waals surface area contributed by atoms with Gasteiger partial charge >= 0.3 is 0 Å². The Balaban J connectivity index is 1.22. The smallest absolute Gasteiger partial charge is 0.178 e. The third kappa shape index (κ3) is 4.53. The topological polar surface area (TPSA) is 95.2 Å². The summed E-state index contributed by atoms with van der Waals surface area (Å²) in [5.74, 6) is 0.0972. The minimum atomic E-state index is -0.382. The molecule has 40 heavy (non-hydrogen) atoms. The molecule has 0 unspecified atom stereocenters. The zero-order valence-corrected chi connectivity index (χ0v) is 21.8. The van der Waals surface area contributed by atoms with Crippen LogP contribution < -0.4 is 5.32 Å². The fraction of sp³-hybridized carbons (Fsp3) is 0.0667. The van der Waals surface area contributed by atoms with Gasteiger partial charge in [-0.1, -0.05) is 30.3 Å². The van der Waals surface area contributed by atoms with Gasteiger partial charge in [0, 0.05) is 64.7 Å². The zero-order valence-electron chi connectivity index (χ0n) is 21.0. The van der Waals surface area contributed by atoms with Gasteiger partial charge in [-0.3, -0.25) is 10.1 Å². The lowest BCUT2D eigenvalue weighted by Crippen LogP contribution is -2.12. The number of nitrogens with zero attached hydrogens (tertiary/aromatic N) is 4. The van der Waals surface area contributed by atoms with Crippen molar-refractivity contribution in [3.63, 3.8) is 0 Å². The number of H-pyrrole nitrogens is 2. The maximum atomic E-state index is 15.3. The average Bonchev–Trinajstić information content (AvgIpc) is 3.71. The van der Waals surface area contributed by atoms with E-state index in [-0.39, 0.29) is 10.9 Å². The van der Waals surface area contributed by atoms with Crippen molar-refractivity contribution in [3.05, 3.63) is 107 Å². The molecule has 0 aliphatic heterocycles. The lowest BCUT2D eigenvalue weighted by atomic mass is 10.0. The molecule has 10 heteroatoms. The maximum absolute atomic E-state index is 15.3. The third-order valence-corrected chi connectivity index (χ3v) is 7.62. The van der Waals surface area contributed by atoms with Crippen LogP contribution in [0, 0.1) is 10.9 Å². The molecule has 7 aromatic rings. The first-order chi connectivity index (χ1) is 19.6. The molecule has 0 fully saturated rings. The van der Waals surface area contributed by atoms with Crippen molar-refractivity contribution >= 4 is 33.4 Å². The highest BCUT2D eigenvalue weighted by Gasteiger charge is 2.19. The van der Waals surface area contributed by atoms with Crippen LogP contribution >= 0.6 is 11.3 Å². The molecule has 7 nitrogen and oxygen atoms in total. The first-order valence-electron chi connectivity index (χ1n) is 12.6. The Kier molecular flexibility index (Phi) is 6.10. The molecule has 196 valence electrons. The number of benzene rings is 2. The Labute approximate surface area is 231 Å². The van der Waals surface area contributed by atoms with Crippen LogP contribution in [0.1, 0.15) is 11.1 Å². The zero-order chi connectivity index (χ0) is 27.1. The number of pyridine rings is 2.